The maximum absolute atomic E-state index is 12.0. The van der Waals surface area contributed by atoms with E-state index in [2.05, 4.69) is 10.6 Å². The molecule has 0 saturated heterocycles. The first-order valence-corrected chi connectivity index (χ1v) is 11.2. The molecule has 1 heterocycles. The van der Waals surface area contributed by atoms with Gasteiger partial charge in [0.25, 0.3) is 0 Å². The molecular formula is C24H32F3N3O6. The summed E-state index contributed by atoms with van der Waals surface area (Å²) in [4.78, 5) is 45.0. The van der Waals surface area contributed by atoms with Crippen LogP contribution in [-0.4, -0.2) is 49.3 Å². The molecule has 3 amide bonds. The number of aryl methyl sites for hydroxylation is 1. The van der Waals surface area contributed by atoms with Crippen molar-refractivity contribution >= 4 is 28.9 Å². The van der Waals surface area contributed by atoms with E-state index in [-0.39, 0.29) is 25.0 Å². The average Bonchev–Trinajstić information content (AvgIpc) is 2.75. The molecule has 0 radical (unpaired) electrons. The monoisotopic (exact) mass is 515 g/mol. The zero-order chi connectivity index (χ0) is 27.5. The van der Waals surface area contributed by atoms with Gasteiger partial charge in [0.2, 0.25) is 5.91 Å². The number of unbranched alkanes of at least 4 members (excludes halogenated alkanes) is 1. The van der Waals surface area contributed by atoms with Gasteiger partial charge in [-0.2, -0.15) is 13.2 Å². The molecule has 9 nitrogen and oxygen atoms in total. The van der Waals surface area contributed by atoms with Gasteiger partial charge in [0.05, 0.1) is 0 Å². The summed E-state index contributed by atoms with van der Waals surface area (Å²) < 4.78 is 46.0. The van der Waals surface area contributed by atoms with Crippen LogP contribution in [0.1, 0.15) is 45.6 Å². The van der Waals surface area contributed by atoms with E-state index < -0.39 is 35.7 Å². The number of para-hydroxylation sites is 1. The van der Waals surface area contributed by atoms with Gasteiger partial charge in [0.1, 0.15) is 17.2 Å². The molecule has 1 aromatic heterocycles. The minimum Gasteiger partial charge on any atom is -0.444 e. The van der Waals surface area contributed by atoms with Crippen molar-refractivity contribution in [1.29, 1.82) is 0 Å². The Bertz CT molecular complexity index is 1090. The normalized spacial score (nSPS) is 12.1. The van der Waals surface area contributed by atoms with Crippen LogP contribution in [0.25, 0.3) is 11.0 Å². The quantitative estimate of drug-likeness (QED) is 0.382. The molecule has 0 fully saturated rings. The minimum atomic E-state index is -4.91. The third kappa shape index (κ3) is 11.2. The Hall–Kier alpha value is -3.57. The van der Waals surface area contributed by atoms with E-state index in [1.165, 1.54) is 13.1 Å². The Morgan fingerprint density at radius 2 is 1.72 bits per heavy atom. The van der Waals surface area contributed by atoms with Crippen molar-refractivity contribution in [1.82, 2.24) is 16.0 Å². The SMILES string of the molecule is CNC(=O)[C@H](CCCCNC(=O)C(F)(F)F)NC(=O)OC(C)(C)C.Cc1cc(=O)oc2ccccc12. The van der Waals surface area contributed by atoms with Gasteiger partial charge in [-0.25, -0.2) is 9.59 Å². The second-order valence-corrected chi connectivity index (χ2v) is 8.81. The van der Waals surface area contributed by atoms with Crippen molar-refractivity contribution < 1.29 is 36.7 Å². The van der Waals surface area contributed by atoms with Crippen molar-refractivity contribution in [3.63, 3.8) is 0 Å². The summed E-state index contributed by atoms with van der Waals surface area (Å²) in [7, 11) is 1.40. The molecule has 12 heteroatoms. The fraction of sp³-hybridized carbons (Fsp3) is 0.500. The summed E-state index contributed by atoms with van der Waals surface area (Å²) in [6.45, 7) is 6.74. The third-order valence-electron chi connectivity index (χ3n) is 4.57. The lowest BCUT2D eigenvalue weighted by Crippen LogP contribution is -2.47. The second-order valence-electron chi connectivity index (χ2n) is 8.81. The number of nitrogens with one attached hydrogen (secondary N) is 3. The van der Waals surface area contributed by atoms with Crippen molar-refractivity contribution in [3.05, 3.63) is 46.3 Å². The van der Waals surface area contributed by atoms with Crippen molar-refractivity contribution in [3.8, 4) is 0 Å². The van der Waals surface area contributed by atoms with Crippen LogP contribution in [0.4, 0.5) is 18.0 Å². The van der Waals surface area contributed by atoms with Crippen LogP contribution in [-0.2, 0) is 14.3 Å². The molecule has 0 spiro atoms. The third-order valence-corrected chi connectivity index (χ3v) is 4.57. The summed E-state index contributed by atoms with van der Waals surface area (Å²) in [6, 6.07) is 8.14. The number of likely N-dealkylation sites (N-methyl/N-ethyl adjacent to an activating group) is 1. The van der Waals surface area contributed by atoms with E-state index in [1.807, 2.05) is 25.1 Å². The van der Waals surface area contributed by atoms with Crippen LogP contribution in [0.3, 0.4) is 0 Å². The topological polar surface area (TPSA) is 127 Å². The Morgan fingerprint density at radius 3 is 2.31 bits per heavy atom. The molecule has 1 aromatic carbocycles. The molecule has 0 unspecified atom stereocenters. The number of carbonyl (C=O) groups is 3. The van der Waals surface area contributed by atoms with Crippen LogP contribution in [0.5, 0.6) is 0 Å². The minimum absolute atomic E-state index is 0.175. The predicted molar refractivity (Wildman–Crippen MR) is 127 cm³/mol. The van der Waals surface area contributed by atoms with Crippen molar-refractivity contribution in [2.45, 2.75) is 64.8 Å². The van der Waals surface area contributed by atoms with Crippen LogP contribution in [0.2, 0.25) is 0 Å². The van der Waals surface area contributed by atoms with E-state index in [1.54, 1.807) is 32.2 Å². The Kier molecular flexibility index (Phi) is 11.4. The van der Waals surface area contributed by atoms with Gasteiger partial charge in [-0.05, 0) is 58.6 Å². The molecule has 0 saturated carbocycles. The second kappa shape index (κ2) is 13.5. The highest BCUT2D eigenvalue weighted by atomic mass is 19.4. The first-order chi connectivity index (χ1) is 16.6. The number of alkyl carbamates (subject to hydrolysis) is 1. The molecule has 1 atom stereocenters. The molecule has 0 bridgehead atoms. The molecule has 0 aliphatic carbocycles. The van der Waals surface area contributed by atoms with Crippen molar-refractivity contribution in [2.24, 2.45) is 0 Å². The van der Waals surface area contributed by atoms with E-state index >= 15 is 0 Å². The fourth-order valence-electron chi connectivity index (χ4n) is 2.94. The smallest absolute Gasteiger partial charge is 0.444 e. The van der Waals surface area contributed by atoms with Gasteiger partial charge in [-0.15, -0.1) is 0 Å². The first-order valence-electron chi connectivity index (χ1n) is 11.2. The highest BCUT2D eigenvalue weighted by Crippen LogP contribution is 2.15. The summed E-state index contributed by atoms with van der Waals surface area (Å²) in [5.41, 5.74) is 0.606. The molecule has 0 aliphatic rings. The largest absolute Gasteiger partial charge is 0.471 e. The number of carbonyl (C=O) groups excluding carboxylic acids is 3. The number of rotatable bonds is 7. The lowest BCUT2D eigenvalue weighted by molar-refractivity contribution is -0.173. The molecule has 36 heavy (non-hydrogen) atoms. The number of hydrogen-bond donors (Lipinski definition) is 3. The zero-order valence-electron chi connectivity index (χ0n) is 20.9. The number of ether oxygens (including phenoxy) is 1. The summed E-state index contributed by atoms with van der Waals surface area (Å²) in [5, 5.41) is 7.52. The predicted octanol–water partition coefficient (Wildman–Crippen LogP) is 3.58. The molecule has 2 aromatic rings. The van der Waals surface area contributed by atoms with Crippen molar-refractivity contribution in [2.75, 3.05) is 13.6 Å². The Labute approximate surface area is 206 Å². The average molecular weight is 516 g/mol. The maximum Gasteiger partial charge on any atom is 0.471 e. The highest BCUT2D eigenvalue weighted by molar-refractivity contribution is 5.85. The fourth-order valence-corrected chi connectivity index (χ4v) is 2.94. The van der Waals surface area contributed by atoms with Crippen LogP contribution in [0.15, 0.2) is 39.5 Å². The lowest BCUT2D eigenvalue weighted by Gasteiger charge is -2.23. The summed E-state index contributed by atoms with van der Waals surface area (Å²) in [5.74, 6) is -2.45. The van der Waals surface area contributed by atoms with E-state index in [4.69, 9.17) is 9.15 Å². The van der Waals surface area contributed by atoms with Gasteiger partial charge in [0, 0.05) is 25.0 Å². The van der Waals surface area contributed by atoms with Gasteiger partial charge >= 0.3 is 23.8 Å². The molecule has 0 aliphatic heterocycles. The maximum atomic E-state index is 12.0. The Balaban J connectivity index is 0.000000442. The number of benzene rings is 1. The lowest BCUT2D eigenvalue weighted by atomic mass is 10.1. The van der Waals surface area contributed by atoms with Gasteiger partial charge in [-0.1, -0.05) is 18.2 Å². The summed E-state index contributed by atoms with van der Waals surface area (Å²) in [6.07, 6.45) is -4.93. The Morgan fingerprint density at radius 1 is 1.08 bits per heavy atom. The molecule has 200 valence electrons. The van der Waals surface area contributed by atoms with Gasteiger partial charge < -0.3 is 25.1 Å². The van der Waals surface area contributed by atoms with Gasteiger partial charge in [0.15, 0.2) is 0 Å². The van der Waals surface area contributed by atoms with E-state index in [9.17, 15) is 32.3 Å². The summed E-state index contributed by atoms with van der Waals surface area (Å²) >= 11 is 0. The highest BCUT2D eigenvalue weighted by Gasteiger charge is 2.38. The first kappa shape index (κ1) is 30.5. The number of fused-ring (bicyclic) bond motifs is 1. The number of hydrogen-bond acceptors (Lipinski definition) is 6. The standard InChI is InChI=1S/C14H24F3N3O4.C10H8O2/c1-13(2,3)24-12(23)20-9(10(21)18-4)7-5-6-8-19-11(22)14(15,16)17;1-7-6-10(11)12-9-5-3-2-4-8(7)9/h9H,5-8H2,1-4H3,(H,18,21)(H,19,22)(H,20,23);2-6H,1H3/t9-;/m0./s1. The zero-order valence-corrected chi connectivity index (χ0v) is 20.9. The van der Waals surface area contributed by atoms with Crippen LogP contribution in [0, 0.1) is 6.92 Å². The number of alkyl halides is 3. The molecular weight excluding hydrogens is 483 g/mol. The van der Waals surface area contributed by atoms with Gasteiger partial charge in [-0.3, -0.25) is 9.59 Å². The van der Waals surface area contributed by atoms with E-state index in [0.717, 1.165) is 10.9 Å². The number of halogens is 3. The molecule has 3 N–H and O–H groups in total. The van der Waals surface area contributed by atoms with E-state index in [0.29, 0.717) is 12.0 Å². The van der Waals surface area contributed by atoms with Crippen LogP contribution < -0.4 is 21.6 Å². The number of amides is 3. The van der Waals surface area contributed by atoms with Crippen LogP contribution >= 0.6 is 0 Å². The molecule has 2 rings (SSSR count).